The molecule has 2 N–H and O–H groups in total. The summed E-state index contributed by atoms with van der Waals surface area (Å²) in [7, 11) is 0. The molecule has 5 atom stereocenters. The third kappa shape index (κ3) is 3.35. The molecule has 5 aliphatic rings. The van der Waals surface area contributed by atoms with Gasteiger partial charge in [-0.15, -0.1) is 0 Å². The second kappa shape index (κ2) is 8.53. The molecule has 0 unspecified atom stereocenters. The molecule has 4 nitrogen and oxygen atoms in total. The molecule has 0 saturated heterocycles. The number of rotatable bonds is 1. The van der Waals surface area contributed by atoms with Crippen molar-refractivity contribution in [3.63, 3.8) is 0 Å². The largest absolute Gasteiger partial charge is 0.384 e. The number of fused-ring (bicyclic) bond motifs is 4. The number of nitriles is 1. The lowest BCUT2D eigenvalue weighted by atomic mass is 9.45. The van der Waals surface area contributed by atoms with E-state index in [1.807, 2.05) is 30.3 Å². The van der Waals surface area contributed by atoms with Gasteiger partial charge in [0.15, 0.2) is 5.78 Å². The van der Waals surface area contributed by atoms with Gasteiger partial charge in [0, 0.05) is 23.2 Å². The Morgan fingerprint density at radius 3 is 2.62 bits per heavy atom. The van der Waals surface area contributed by atoms with Crippen molar-refractivity contribution in [3.8, 4) is 29.0 Å². The quantitative estimate of drug-likeness (QED) is 0.373. The highest BCUT2D eigenvalue weighted by Crippen LogP contribution is 2.70. The molecule has 0 aromatic heterocycles. The SMILES string of the molecule is C[C@]12C[C@H]3C4=C(CCC5=CC(=O)CC[C@@]54Cc4cc(-c5ccc(C#N)cc5)ccc43)[C@@H]1CC[C@@]2(O)C#CCO. The smallest absolute Gasteiger partial charge is 0.155 e. The van der Waals surface area contributed by atoms with Crippen LogP contribution in [-0.4, -0.2) is 28.2 Å². The Bertz CT molecular complexity index is 1580. The number of aliphatic hydroxyl groups excluding tert-OH is 1. The minimum Gasteiger partial charge on any atom is -0.384 e. The minimum absolute atomic E-state index is 0.110. The standard InChI is InChI=1S/C35H33NO3/c1-33-20-30-28-9-7-24(23-5-3-22(21-36)4-6-23)17-25(28)19-34-14-11-27(38)18-26(34)8-10-29(32(30)34)31(33)12-15-35(33,39)13-2-16-37/h3-7,9,17-18,30-31,37,39H,8,10-12,14-16,19-20H2,1H3/t30-,31+,33+,34-,35+/m1/s1. The first-order chi connectivity index (χ1) is 18.8. The Balaban J connectivity index is 1.42. The maximum atomic E-state index is 12.6. The molecule has 0 heterocycles. The molecule has 196 valence electrons. The predicted molar refractivity (Wildman–Crippen MR) is 149 cm³/mol. The number of ketones is 1. The summed E-state index contributed by atoms with van der Waals surface area (Å²) in [5, 5.41) is 30.6. The van der Waals surface area contributed by atoms with Gasteiger partial charge in [-0.25, -0.2) is 0 Å². The third-order valence-electron chi connectivity index (χ3n) is 10.9. The van der Waals surface area contributed by atoms with Crippen LogP contribution in [0.1, 0.15) is 74.5 Å². The van der Waals surface area contributed by atoms with Gasteiger partial charge < -0.3 is 10.2 Å². The predicted octanol–water partition coefficient (Wildman–Crippen LogP) is 5.78. The van der Waals surface area contributed by atoms with Gasteiger partial charge in [0.25, 0.3) is 0 Å². The Kier molecular flexibility index (Phi) is 5.38. The highest BCUT2D eigenvalue weighted by Gasteiger charge is 2.64. The fraction of sp³-hybridized carbons (Fsp3) is 0.429. The monoisotopic (exact) mass is 515 g/mol. The van der Waals surface area contributed by atoms with E-state index in [1.54, 1.807) is 5.57 Å². The summed E-state index contributed by atoms with van der Waals surface area (Å²) >= 11 is 0. The summed E-state index contributed by atoms with van der Waals surface area (Å²) < 4.78 is 0. The number of allylic oxidation sites excluding steroid dienone is 4. The van der Waals surface area contributed by atoms with Crippen molar-refractivity contribution in [2.24, 2.45) is 16.7 Å². The maximum Gasteiger partial charge on any atom is 0.155 e. The first-order valence-corrected chi connectivity index (χ1v) is 14.3. The van der Waals surface area contributed by atoms with E-state index in [0.29, 0.717) is 18.4 Å². The molecule has 7 rings (SSSR count). The first-order valence-electron chi connectivity index (χ1n) is 14.3. The molecule has 4 heteroatoms. The van der Waals surface area contributed by atoms with Crippen LogP contribution in [0, 0.1) is 39.9 Å². The van der Waals surface area contributed by atoms with Gasteiger partial charge in [-0.2, -0.15) is 5.26 Å². The normalized spacial score (nSPS) is 34.0. The summed E-state index contributed by atoms with van der Waals surface area (Å²) in [5.74, 6) is 6.59. The van der Waals surface area contributed by atoms with E-state index in [1.165, 1.54) is 22.3 Å². The van der Waals surface area contributed by atoms with Crippen molar-refractivity contribution in [2.75, 3.05) is 6.61 Å². The summed E-state index contributed by atoms with van der Waals surface area (Å²) in [5.41, 5.74) is 8.31. The average Bonchev–Trinajstić information content (AvgIpc) is 3.22. The van der Waals surface area contributed by atoms with Crippen LogP contribution in [0.2, 0.25) is 0 Å². The third-order valence-corrected chi connectivity index (χ3v) is 10.9. The van der Waals surface area contributed by atoms with Crippen LogP contribution in [-0.2, 0) is 11.2 Å². The number of nitrogens with zero attached hydrogens (tertiary/aromatic N) is 1. The van der Waals surface area contributed by atoms with E-state index in [0.717, 1.165) is 49.7 Å². The molecule has 39 heavy (non-hydrogen) atoms. The van der Waals surface area contributed by atoms with Gasteiger partial charge in [0.1, 0.15) is 12.2 Å². The van der Waals surface area contributed by atoms with Gasteiger partial charge in [-0.3, -0.25) is 4.79 Å². The maximum absolute atomic E-state index is 12.6. The second-order valence-electron chi connectivity index (χ2n) is 12.5. The topological polar surface area (TPSA) is 81.3 Å². The molecule has 2 aromatic carbocycles. The van der Waals surface area contributed by atoms with E-state index in [4.69, 9.17) is 0 Å². The summed E-state index contributed by atoms with van der Waals surface area (Å²) in [6, 6.07) is 16.8. The Hall–Kier alpha value is -3.44. The molecule has 5 aliphatic carbocycles. The van der Waals surface area contributed by atoms with Gasteiger partial charge in [0.05, 0.1) is 11.6 Å². The number of hydrogen-bond donors (Lipinski definition) is 2. The highest BCUT2D eigenvalue weighted by atomic mass is 16.3. The molecule has 1 spiro atoms. The molecule has 2 aromatic rings. The summed E-state index contributed by atoms with van der Waals surface area (Å²) in [4.78, 5) is 12.6. The van der Waals surface area contributed by atoms with E-state index in [9.17, 15) is 20.3 Å². The van der Waals surface area contributed by atoms with Crippen LogP contribution in [0.15, 0.2) is 65.3 Å². The zero-order valence-electron chi connectivity index (χ0n) is 22.4. The van der Waals surface area contributed by atoms with Crippen molar-refractivity contribution >= 4 is 5.78 Å². The number of aliphatic hydroxyl groups is 2. The van der Waals surface area contributed by atoms with Crippen molar-refractivity contribution in [2.45, 2.75) is 69.8 Å². The first kappa shape index (κ1) is 24.6. The number of carbonyl (C=O) groups excluding carboxylic acids is 1. The summed E-state index contributed by atoms with van der Waals surface area (Å²) in [6.45, 7) is 1.98. The van der Waals surface area contributed by atoms with Gasteiger partial charge in [0.2, 0.25) is 0 Å². The van der Waals surface area contributed by atoms with E-state index in [2.05, 4.69) is 43.0 Å². The number of carbonyl (C=O) groups is 1. The molecule has 0 aliphatic heterocycles. The Morgan fingerprint density at radius 2 is 1.85 bits per heavy atom. The van der Waals surface area contributed by atoms with E-state index >= 15 is 0 Å². The molecule has 0 radical (unpaired) electrons. The number of benzene rings is 2. The van der Waals surface area contributed by atoms with E-state index < -0.39 is 11.0 Å². The zero-order valence-corrected chi connectivity index (χ0v) is 22.4. The van der Waals surface area contributed by atoms with Crippen molar-refractivity contribution < 1.29 is 15.0 Å². The van der Waals surface area contributed by atoms with Crippen LogP contribution >= 0.6 is 0 Å². The fourth-order valence-electron chi connectivity index (χ4n) is 9.09. The molecule has 1 saturated carbocycles. The van der Waals surface area contributed by atoms with Crippen molar-refractivity contribution in [1.29, 1.82) is 5.26 Å². The second-order valence-corrected chi connectivity index (χ2v) is 12.5. The lowest BCUT2D eigenvalue weighted by Gasteiger charge is -2.58. The Morgan fingerprint density at radius 1 is 1.05 bits per heavy atom. The highest BCUT2D eigenvalue weighted by molar-refractivity contribution is 5.92. The lowest BCUT2D eigenvalue weighted by Crippen LogP contribution is -2.52. The van der Waals surface area contributed by atoms with Crippen LogP contribution in [0.4, 0.5) is 0 Å². The van der Waals surface area contributed by atoms with E-state index in [-0.39, 0.29) is 29.6 Å². The molecule has 1 fully saturated rings. The van der Waals surface area contributed by atoms with Gasteiger partial charge in [-0.1, -0.05) is 65.8 Å². The van der Waals surface area contributed by atoms with Gasteiger partial charge in [-0.05, 0) is 91.3 Å². The molecular weight excluding hydrogens is 482 g/mol. The van der Waals surface area contributed by atoms with Crippen LogP contribution in [0.25, 0.3) is 11.1 Å². The fourth-order valence-corrected chi connectivity index (χ4v) is 9.09. The Labute approximate surface area is 230 Å². The molecule has 0 amide bonds. The van der Waals surface area contributed by atoms with Crippen LogP contribution in [0.5, 0.6) is 0 Å². The van der Waals surface area contributed by atoms with Crippen LogP contribution < -0.4 is 0 Å². The van der Waals surface area contributed by atoms with Crippen molar-refractivity contribution in [3.05, 3.63) is 82.0 Å². The molecular formula is C35H33NO3. The lowest BCUT2D eigenvalue weighted by molar-refractivity contribution is -0.115. The zero-order chi connectivity index (χ0) is 27.0. The average molecular weight is 516 g/mol. The van der Waals surface area contributed by atoms with Crippen molar-refractivity contribution in [1.82, 2.24) is 0 Å². The number of hydrogen-bond acceptors (Lipinski definition) is 4. The minimum atomic E-state index is -1.12. The van der Waals surface area contributed by atoms with Crippen LogP contribution in [0.3, 0.4) is 0 Å². The summed E-state index contributed by atoms with van der Waals surface area (Å²) in [6.07, 6.45) is 8.56. The molecule has 0 bridgehead atoms. The van der Waals surface area contributed by atoms with Gasteiger partial charge >= 0.3 is 0 Å².